The summed E-state index contributed by atoms with van der Waals surface area (Å²) in [5.41, 5.74) is 0.357. The molecule has 0 saturated heterocycles. The number of hydrogen-bond donors (Lipinski definition) is 2. The second-order valence-corrected chi connectivity index (χ2v) is 6.91. The van der Waals surface area contributed by atoms with Crippen molar-refractivity contribution in [2.45, 2.75) is 46.3 Å². The number of nitriles is 1. The van der Waals surface area contributed by atoms with E-state index in [4.69, 9.17) is 4.74 Å². The van der Waals surface area contributed by atoms with Gasteiger partial charge in [-0.1, -0.05) is 32.0 Å². The topological polar surface area (TPSA) is 74.1 Å². The van der Waals surface area contributed by atoms with Gasteiger partial charge in [0.05, 0.1) is 6.07 Å². The molecule has 1 rings (SSSR count). The number of nitrogens with one attached hydrogen (secondary N) is 2. The number of hydrogen-bond acceptors (Lipinski definition) is 4. The van der Waals surface area contributed by atoms with Gasteiger partial charge in [-0.05, 0) is 38.8 Å². The Hall–Kier alpha value is -2.22. The van der Waals surface area contributed by atoms with Crippen molar-refractivity contribution in [1.29, 1.82) is 5.26 Å². The van der Waals surface area contributed by atoms with Gasteiger partial charge in [0, 0.05) is 18.2 Å². The molecule has 2 unspecified atom stereocenters. The summed E-state index contributed by atoms with van der Waals surface area (Å²) in [4.78, 5) is 11.8. The van der Waals surface area contributed by atoms with Crippen molar-refractivity contribution in [2.24, 2.45) is 11.8 Å². The molecule has 0 aliphatic rings. The zero-order valence-corrected chi connectivity index (χ0v) is 14.6. The molecule has 0 aromatic heterocycles. The number of carbonyl (C=O) groups excluding carboxylic acids is 1. The number of alkyl carbamates (subject to hydrolysis) is 1. The minimum atomic E-state index is -0.533. The van der Waals surface area contributed by atoms with Crippen LogP contribution in [0.25, 0.3) is 0 Å². The van der Waals surface area contributed by atoms with E-state index in [2.05, 4.69) is 16.7 Å². The number of rotatable bonds is 6. The van der Waals surface area contributed by atoms with Crippen molar-refractivity contribution in [3.8, 4) is 6.07 Å². The van der Waals surface area contributed by atoms with Gasteiger partial charge in [-0.25, -0.2) is 4.79 Å². The molecule has 1 aromatic rings. The zero-order chi connectivity index (χ0) is 17.5. The van der Waals surface area contributed by atoms with Gasteiger partial charge in [-0.2, -0.15) is 5.26 Å². The van der Waals surface area contributed by atoms with Crippen LogP contribution >= 0.6 is 0 Å². The number of amides is 1. The number of nitrogens with zero attached hydrogens (tertiary/aromatic N) is 1. The number of ether oxygens (including phenoxy) is 1. The first-order chi connectivity index (χ1) is 10.7. The Balaban J connectivity index is 2.68. The Morgan fingerprint density at radius 1 is 1.26 bits per heavy atom. The molecular weight excluding hydrogens is 290 g/mol. The van der Waals surface area contributed by atoms with Gasteiger partial charge in [0.2, 0.25) is 0 Å². The van der Waals surface area contributed by atoms with E-state index in [1.54, 1.807) is 0 Å². The Morgan fingerprint density at radius 2 is 1.87 bits per heavy atom. The third-order valence-corrected chi connectivity index (χ3v) is 3.40. The van der Waals surface area contributed by atoms with Crippen LogP contribution in [0.4, 0.5) is 10.5 Å². The largest absolute Gasteiger partial charge is 0.444 e. The van der Waals surface area contributed by atoms with Crippen LogP contribution in [-0.4, -0.2) is 24.3 Å². The fourth-order valence-electron chi connectivity index (χ4n) is 2.20. The first kappa shape index (κ1) is 18.8. The molecule has 2 atom stereocenters. The summed E-state index contributed by atoms with van der Waals surface area (Å²) in [5, 5.41) is 15.5. The predicted molar refractivity (Wildman–Crippen MR) is 92.0 cm³/mol. The first-order valence-electron chi connectivity index (χ1n) is 7.91. The van der Waals surface area contributed by atoms with Gasteiger partial charge in [-0.15, -0.1) is 0 Å². The van der Waals surface area contributed by atoms with Gasteiger partial charge in [-0.3, -0.25) is 0 Å². The lowest BCUT2D eigenvalue weighted by Crippen LogP contribution is -2.42. The third kappa shape index (κ3) is 7.05. The highest BCUT2D eigenvalue weighted by Crippen LogP contribution is 2.19. The van der Waals surface area contributed by atoms with Crippen molar-refractivity contribution >= 4 is 11.8 Å². The van der Waals surface area contributed by atoms with Gasteiger partial charge in [0.1, 0.15) is 11.6 Å². The van der Waals surface area contributed by atoms with Gasteiger partial charge < -0.3 is 15.4 Å². The number of benzene rings is 1. The van der Waals surface area contributed by atoms with E-state index in [0.29, 0.717) is 6.54 Å². The molecule has 0 aliphatic carbocycles. The van der Waals surface area contributed by atoms with Crippen molar-refractivity contribution in [3.63, 3.8) is 0 Å². The van der Waals surface area contributed by atoms with Gasteiger partial charge >= 0.3 is 6.09 Å². The monoisotopic (exact) mass is 317 g/mol. The second-order valence-electron chi connectivity index (χ2n) is 6.91. The van der Waals surface area contributed by atoms with Crippen molar-refractivity contribution in [3.05, 3.63) is 30.3 Å². The van der Waals surface area contributed by atoms with E-state index in [0.717, 1.165) is 5.69 Å². The Kier molecular flexibility index (Phi) is 6.89. The molecule has 5 heteroatoms. The predicted octanol–water partition coefficient (Wildman–Crippen LogP) is 3.79. The van der Waals surface area contributed by atoms with Crippen molar-refractivity contribution < 1.29 is 9.53 Å². The molecule has 0 aliphatic heterocycles. The molecule has 0 saturated carbocycles. The summed E-state index contributed by atoms with van der Waals surface area (Å²) >= 11 is 0. The van der Waals surface area contributed by atoms with Crippen LogP contribution < -0.4 is 10.6 Å². The smallest absolute Gasteiger partial charge is 0.407 e. The molecular formula is C18H27N3O2. The average Bonchev–Trinajstić information content (AvgIpc) is 2.45. The van der Waals surface area contributed by atoms with E-state index in [1.807, 2.05) is 65.0 Å². The lowest BCUT2D eigenvalue weighted by atomic mass is 9.88. The Morgan fingerprint density at radius 3 is 2.35 bits per heavy atom. The average molecular weight is 317 g/mol. The van der Waals surface area contributed by atoms with Crippen LogP contribution in [0.15, 0.2) is 30.3 Å². The highest BCUT2D eigenvalue weighted by molar-refractivity contribution is 5.67. The minimum Gasteiger partial charge on any atom is -0.444 e. The van der Waals surface area contributed by atoms with Crippen LogP contribution in [0.5, 0.6) is 0 Å². The molecule has 0 radical (unpaired) electrons. The van der Waals surface area contributed by atoms with Crippen LogP contribution in [0, 0.1) is 23.2 Å². The van der Waals surface area contributed by atoms with Crippen LogP contribution in [0.2, 0.25) is 0 Å². The summed E-state index contributed by atoms with van der Waals surface area (Å²) in [7, 11) is 0. The van der Waals surface area contributed by atoms with Crippen molar-refractivity contribution in [1.82, 2.24) is 5.32 Å². The lowest BCUT2D eigenvalue weighted by molar-refractivity contribution is 0.0514. The normalized spacial score (nSPS) is 13.8. The third-order valence-electron chi connectivity index (χ3n) is 3.40. The molecule has 1 aromatic carbocycles. The highest BCUT2D eigenvalue weighted by atomic mass is 16.6. The minimum absolute atomic E-state index is 0.0345. The summed E-state index contributed by atoms with van der Waals surface area (Å²) in [6.45, 7) is 9.92. The second kappa shape index (κ2) is 8.42. The molecule has 2 N–H and O–H groups in total. The molecule has 0 bridgehead atoms. The maximum absolute atomic E-state index is 11.8. The molecule has 5 nitrogen and oxygen atoms in total. The molecule has 23 heavy (non-hydrogen) atoms. The summed E-state index contributed by atoms with van der Waals surface area (Å²) < 4.78 is 5.25. The number of carbonyl (C=O) groups is 1. The van der Waals surface area contributed by atoms with E-state index in [-0.39, 0.29) is 11.8 Å². The van der Waals surface area contributed by atoms with E-state index < -0.39 is 17.7 Å². The molecule has 1 amide bonds. The first-order valence-corrected chi connectivity index (χ1v) is 7.91. The molecule has 0 heterocycles. The molecule has 126 valence electrons. The highest BCUT2D eigenvalue weighted by Gasteiger charge is 2.26. The lowest BCUT2D eigenvalue weighted by Gasteiger charge is -2.28. The van der Waals surface area contributed by atoms with E-state index in [1.165, 1.54) is 0 Å². The quantitative estimate of drug-likeness (QED) is 0.837. The van der Waals surface area contributed by atoms with Crippen LogP contribution in [-0.2, 0) is 4.74 Å². The SMILES string of the molecule is CC(C)C(CNC(=O)OC(C)(C)C)C(C#N)Nc1ccccc1. The zero-order valence-electron chi connectivity index (χ0n) is 14.6. The van der Waals surface area contributed by atoms with E-state index >= 15 is 0 Å². The molecule has 0 spiro atoms. The Bertz CT molecular complexity index is 529. The standard InChI is InChI=1S/C18H27N3O2/c1-13(2)15(12-20-17(22)23-18(3,4)5)16(11-19)21-14-9-7-6-8-10-14/h6-10,13,15-16,21H,12H2,1-5H3,(H,20,22). The maximum atomic E-state index is 11.8. The van der Waals surface area contributed by atoms with Crippen molar-refractivity contribution in [2.75, 3.05) is 11.9 Å². The Labute approximate surface area is 139 Å². The number of anilines is 1. The molecule has 0 fully saturated rings. The fourth-order valence-corrected chi connectivity index (χ4v) is 2.20. The summed E-state index contributed by atoms with van der Waals surface area (Å²) in [6, 6.07) is 11.5. The van der Waals surface area contributed by atoms with Crippen LogP contribution in [0.3, 0.4) is 0 Å². The van der Waals surface area contributed by atoms with Gasteiger partial charge in [0.15, 0.2) is 0 Å². The summed E-state index contributed by atoms with van der Waals surface area (Å²) in [6.07, 6.45) is -0.459. The van der Waals surface area contributed by atoms with Crippen LogP contribution in [0.1, 0.15) is 34.6 Å². The summed E-state index contributed by atoms with van der Waals surface area (Å²) in [5.74, 6) is 0.193. The number of para-hydroxylation sites is 1. The van der Waals surface area contributed by atoms with Gasteiger partial charge in [0.25, 0.3) is 0 Å². The fraction of sp³-hybridized carbons (Fsp3) is 0.556. The maximum Gasteiger partial charge on any atom is 0.407 e. The van der Waals surface area contributed by atoms with E-state index in [9.17, 15) is 10.1 Å².